The van der Waals surface area contributed by atoms with Crippen molar-refractivity contribution in [1.29, 1.82) is 0 Å². The van der Waals surface area contributed by atoms with Gasteiger partial charge in [-0.05, 0) is 59.7 Å². The van der Waals surface area contributed by atoms with Gasteiger partial charge in [0.05, 0.1) is 5.60 Å². The van der Waals surface area contributed by atoms with Gasteiger partial charge in [-0.15, -0.1) is 0 Å². The number of benzene rings is 2. The number of pyridine rings is 1. The summed E-state index contributed by atoms with van der Waals surface area (Å²) in [4.78, 5) is 6.17. The number of halogens is 2. The molecule has 2 aromatic carbocycles. The van der Waals surface area contributed by atoms with Crippen molar-refractivity contribution in [3.63, 3.8) is 0 Å². The maximum atomic E-state index is 14.2. The van der Waals surface area contributed by atoms with Crippen LogP contribution in [0, 0.1) is 5.95 Å². The van der Waals surface area contributed by atoms with Crippen molar-refractivity contribution >= 4 is 11.6 Å². The van der Waals surface area contributed by atoms with Crippen LogP contribution in [0.1, 0.15) is 53.0 Å². The maximum absolute atomic E-state index is 14.2. The number of hydrogen-bond donors (Lipinski definition) is 1. The molecule has 2 aliphatic carbocycles. The second-order valence-corrected chi connectivity index (χ2v) is 9.74. The number of aliphatic hydroxyl groups is 1. The van der Waals surface area contributed by atoms with Gasteiger partial charge in [0.1, 0.15) is 0 Å². The molecule has 2 bridgehead atoms. The van der Waals surface area contributed by atoms with E-state index in [1.54, 1.807) is 12.1 Å². The molecule has 1 N–H and O–H groups in total. The van der Waals surface area contributed by atoms with Crippen molar-refractivity contribution in [3.05, 3.63) is 99.6 Å². The monoisotopic (exact) mass is 434 g/mol. The van der Waals surface area contributed by atoms with E-state index >= 15 is 0 Å². The summed E-state index contributed by atoms with van der Waals surface area (Å²) in [5.41, 5.74) is 4.68. The molecule has 1 saturated heterocycles. The predicted octanol–water partition coefficient (Wildman–Crippen LogP) is 4.99. The molecule has 1 aliphatic heterocycles. The molecule has 158 valence electrons. The molecule has 3 nitrogen and oxygen atoms in total. The van der Waals surface area contributed by atoms with Crippen LogP contribution in [-0.2, 0) is 11.0 Å². The van der Waals surface area contributed by atoms with Gasteiger partial charge in [0.15, 0.2) is 0 Å². The minimum absolute atomic E-state index is 0.0729. The lowest BCUT2D eigenvalue weighted by atomic mass is 9.74. The molecule has 1 aromatic heterocycles. The fraction of sp³-hybridized carbons (Fsp3) is 0.346. The van der Waals surface area contributed by atoms with E-state index in [1.165, 1.54) is 28.5 Å². The largest absolute Gasteiger partial charge is 0.385 e. The lowest BCUT2D eigenvalue weighted by Gasteiger charge is -2.42. The molecule has 0 amide bonds. The lowest BCUT2D eigenvalue weighted by molar-refractivity contribution is -0.0319. The Labute approximate surface area is 186 Å². The molecule has 1 fully saturated rings. The first-order valence-corrected chi connectivity index (χ1v) is 11.3. The number of hydrogen-bond acceptors (Lipinski definition) is 3. The average molecular weight is 435 g/mol. The fourth-order valence-electron chi connectivity index (χ4n) is 6.28. The van der Waals surface area contributed by atoms with Crippen LogP contribution in [0.4, 0.5) is 4.39 Å². The smallest absolute Gasteiger partial charge is 0.218 e. The summed E-state index contributed by atoms with van der Waals surface area (Å²) in [6.45, 7) is 2.32. The third-order valence-electron chi connectivity index (χ3n) is 7.75. The van der Waals surface area contributed by atoms with Crippen LogP contribution in [0.25, 0.3) is 0 Å². The Morgan fingerprint density at radius 3 is 2.55 bits per heavy atom. The van der Waals surface area contributed by atoms with Gasteiger partial charge >= 0.3 is 0 Å². The van der Waals surface area contributed by atoms with Gasteiger partial charge in [-0.3, -0.25) is 0 Å². The third-order valence-corrected chi connectivity index (χ3v) is 7.98. The van der Waals surface area contributed by atoms with E-state index in [0.717, 1.165) is 31.1 Å². The summed E-state index contributed by atoms with van der Waals surface area (Å²) in [6.07, 6.45) is 3.49. The van der Waals surface area contributed by atoms with Crippen molar-refractivity contribution in [2.45, 2.75) is 36.2 Å². The van der Waals surface area contributed by atoms with E-state index in [1.807, 2.05) is 6.07 Å². The zero-order valence-electron chi connectivity index (χ0n) is 17.2. The van der Waals surface area contributed by atoms with E-state index < -0.39 is 11.5 Å². The highest BCUT2D eigenvalue weighted by Gasteiger charge is 2.53. The Hall–Kier alpha value is -2.27. The van der Waals surface area contributed by atoms with Gasteiger partial charge in [-0.25, -0.2) is 4.98 Å². The standard InChI is InChI=1S/C26H24ClFN2O/c27-17-7-8-19-20-15-25(23(19)14-17,21-5-2-1-4-18(20)21)16-30-12-9-26(31,10-13-30)22-6-3-11-29-24(22)28/h1-8,11,14,20,31H,9-10,12-13,15-16H2. The van der Waals surface area contributed by atoms with Crippen molar-refractivity contribution in [3.8, 4) is 0 Å². The summed E-state index contributed by atoms with van der Waals surface area (Å²) < 4.78 is 14.2. The summed E-state index contributed by atoms with van der Waals surface area (Å²) in [6, 6.07) is 18.5. The first-order chi connectivity index (χ1) is 15.0. The SMILES string of the molecule is OC1(c2cccnc2F)CCN(CC23CC(c4ccccc42)c2ccc(Cl)cc23)CC1. The molecular formula is C26H24ClFN2O. The van der Waals surface area contributed by atoms with Gasteiger partial charge in [-0.1, -0.05) is 48.0 Å². The minimum Gasteiger partial charge on any atom is -0.385 e. The van der Waals surface area contributed by atoms with Crippen LogP contribution < -0.4 is 0 Å². The first-order valence-electron chi connectivity index (χ1n) is 11.0. The van der Waals surface area contributed by atoms with Crippen LogP contribution in [-0.4, -0.2) is 34.6 Å². The summed E-state index contributed by atoms with van der Waals surface area (Å²) in [7, 11) is 0. The Bertz CT molecular complexity index is 1170. The molecule has 6 rings (SSSR count). The quantitative estimate of drug-likeness (QED) is 0.590. The average Bonchev–Trinajstić information content (AvgIpc) is 3.27. The Morgan fingerprint density at radius 1 is 1.00 bits per heavy atom. The van der Waals surface area contributed by atoms with E-state index in [9.17, 15) is 9.50 Å². The highest BCUT2D eigenvalue weighted by atomic mass is 35.5. The zero-order valence-corrected chi connectivity index (χ0v) is 17.9. The van der Waals surface area contributed by atoms with Gasteiger partial charge in [0.2, 0.25) is 5.95 Å². The summed E-state index contributed by atoms with van der Waals surface area (Å²) in [5, 5.41) is 11.9. The molecule has 2 atom stereocenters. The minimum atomic E-state index is -1.15. The van der Waals surface area contributed by atoms with Crippen molar-refractivity contribution < 1.29 is 9.50 Å². The van der Waals surface area contributed by atoms with Crippen LogP contribution in [0.3, 0.4) is 0 Å². The van der Waals surface area contributed by atoms with E-state index in [0.29, 0.717) is 24.3 Å². The molecule has 0 saturated carbocycles. The molecule has 0 spiro atoms. The number of piperidine rings is 1. The van der Waals surface area contributed by atoms with Crippen LogP contribution in [0.2, 0.25) is 5.02 Å². The molecule has 2 heterocycles. The van der Waals surface area contributed by atoms with E-state index in [2.05, 4.69) is 46.3 Å². The maximum Gasteiger partial charge on any atom is 0.218 e. The molecule has 31 heavy (non-hydrogen) atoms. The van der Waals surface area contributed by atoms with Gasteiger partial charge in [0, 0.05) is 47.8 Å². The van der Waals surface area contributed by atoms with Gasteiger partial charge < -0.3 is 10.0 Å². The zero-order chi connectivity index (χ0) is 21.2. The second kappa shape index (κ2) is 6.86. The lowest BCUT2D eigenvalue weighted by Crippen LogP contribution is -2.48. The van der Waals surface area contributed by atoms with Crippen molar-refractivity contribution in [2.24, 2.45) is 0 Å². The van der Waals surface area contributed by atoms with E-state index in [4.69, 9.17) is 11.6 Å². The molecule has 3 aliphatic rings. The number of nitrogens with zero attached hydrogens (tertiary/aromatic N) is 2. The normalized spacial score (nSPS) is 26.0. The Morgan fingerprint density at radius 2 is 1.74 bits per heavy atom. The number of rotatable bonds is 3. The predicted molar refractivity (Wildman–Crippen MR) is 119 cm³/mol. The molecule has 5 heteroatoms. The Balaban J connectivity index is 1.31. The second-order valence-electron chi connectivity index (χ2n) is 9.31. The molecule has 2 unspecified atom stereocenters. The highest BCUT2D eigenvalue weighted by Crippen LogP contribution is 2.60. The number of likely N-dealkylation sites (tertiary alicyclic amines) is 1. The first kappa shape index (κ1) is 19.4. The summed E-state index contributed by atoms with van der Waals surface area (Å²) >= 11 is 6.42. The van der Waals surface area contributed by atoms with Gasteiger partial charge in [-0.2, -0.15) is 4.39 Å². The van der Waals surface area contributed by atoms with Crippen molar-refractivity contribution in [1.82, 2.24) is 9.88 Å². The number of fused-ring (bicyclic) bond motifs is 8. The summed E-state index contributed by atoms with van der Waals surface area (Å²) in [5.74, 6) is -0.140. The molecule has 3 aromatic rings. The Kier molecular flexibility index (Phi) is 4.30. The van der Waals surface area contributed by atoms with Crippen molar-refractivity contribution in [2.75, 3.05) is 19.6 Å². The fourth-order valence-corrected chi connectivity index (χ4v) is 6.46. The van der Waals surface area contributed by atoms with E-state index in [-0.39, 0.29) is 5.41 Å². The number of aromatic nitrogens is 1. The van der Waals surface area contributed by atoms with Crippen LogP contribution in [0.5, 0.6) is 0 Å². The highest BCUT2D eigenvalue weighted by molar-refractivity contribution is 6.30. The third kappa shape index (κ3) is 2.82. The van der Waals surface area contributed by atoms with Crippen LogP contribution >= 0.6 is 11.6 Å². The topological polar surface area (TPSA) is 36.4 Å². The van der Waals surface area contributed by atoms with Gasteiger partial charge in [0.25, 0.3) is 0 Å². The molecule has 0 radical (unpaired) electrons. The van der Waals surface area contributed by atoms with Crippen LogP contribution in [0.15, 0.2) is 60.8 Å². The molecular weight excluding hydrogens is 411 g/mol.